The molecule has 1 fully saturated rings. The second kappa shape index (κ2) is 6.48. The molecule has 2 aliphatic rings. The lowest BCUT2D eigenvalue weighted by Crippen LogP contribution is -2.60. The lowest BCUT2D eigenvalue weighted by atomic mass is 9.79. The first kappa shape index (κ1) is 14.4. The molecule has 1 aromatic carbocycles. The van der Waals surface area contributed by atoms with Gasteiger partial charge in [-0.1, -0.05) is 31.4 Å². The fourth-order valence-corrected chi connectivity index (χ4v) is 3.42. The largest absolute Gasteiger partial charge is 0.497 e. The van der Waals surface area contributed by atoms with Crippen molar-refractivity contribution < 1.29 is 4.74 Å². The molecule has 0 saturated heterocycles. The molecule has 0 amide bonds. The molecular formula is C17H25N3O. The summed E-state index contributed by atoms with van der Waals surface area (Å²) in [5.41, 5.74) is 1.37. The predicted octanol–water partition coefficient (Wildman–Crippen LogP) is 2.49. The van der Waals surface area contributed by atoms with Crippen LogP contribution in [-0.4, -0.2) is 31.6 Å². The molecule has 1 saturated carbocycles. The SMILES string of the molecule is COc1ccc(CNC2=NCCNC23CCCCC3)cc1. The molecule has 4 nitrogen and oxygen atoms in total. The van der Waals surface area contributed by atoms with E-state index in [1.54, 1.807) is 7.11 Å². The van der Waals surface area contributed by atoms with E-state index in [-0.39, 0.29) is 5.54 Å². The van der Waals surface area contributed by atoms with Crippen LogP contribution in [0.3, 0.4) is 0 Å². The molecule has 1 spiro atoms. The van der Waals surface area contributed by atoms with Crippen LogP contribution in [0.5, 0.6) is 5.75 Å². The van der Waals surface area contributed by atoms with E-state index in [0.717, 1.165) is 25.4 Å². The second-order valence-corrected chi connectivity index (χ2v) is 6.00. The number of nitrogens with one attached hydrogen (secondary N) is 2. The van der Waals surface area contributed by atoms with Crippen LogP contribution in [0.15, 0.2) is 29.3 Å². The van der Waals surface area contributed by atoms with Gasteiger partial charge in [0.25, 0.3) is 0 Å². The molecule has 4 heteroatoms. The van der Waals surface area contributed by atoms with Crippen LogP contribution in [0.4, 0.5) is 0 Å². The molecule has 1 heterocycles. The van der Waals surface area contributed by atoms with E-state index < -0.39 is 0 Å². The number of ether oxygens (including phenoxy) is 1. The van der Waals surface area contributed by atoms with E-state index in [1.807, 2.05) is 12.1 Å². The lowest BCUT2D eigenvalue weighted by molar-refractivity contribution is 0.298. The van der Waals surface area contributed by atoms with Crippen molar-refractivity contribution in [2.45, 2.75) is 44.2 Å². The maximum Gasteiger partial charge on any atom is 0.118 e. The van der Waals surface area contributed by atoms with Gasteiger partial charge in [-0.25, -0.2) is 0 Å². The number of aliphatic imine (C=N–C) groups is 1. The topological polar surface area (TPSA) is 45.6 Å². The summed E-state index contributed by atoms with van der Waals surface area (Å²) in [6.07, 6.45) is 6.38. The Labute approximate surface area is 127 Å². The Hall–Kier alpha value is -1.55. The maximum absolute atomic E-state index is 5.20. The average Bonchev–Trinajstić information content (AvgIpc) is 2.55. The third kappa shape index (κ3) is 3.21. The van der Waals surface area contributed by atoms with Gasteiger partial charge in [0.2, 0.25) is 0 Å². The molecule has 21 heavy (non-hydrogen) atoms. The summed E-state index contributed by atoms with van der Waals surface area (Å²) >= 11 is 0. The first-order valence-electron chi connectivity index (χ1n) is 7.99. The average molecular weight is 287 g/mol. The van der Waals surface area contributed by atoms with Crippen molar-refractivity contribution >= 4 is 5.84 Å². The van der Waals surface area contributed by atoms with Crippen molar-refractivity contribution in [3.63, 3.8) is 0 Å². The highest BCUT2D eigenvalue weighted by atomic mass is 16.5. The molecular weight excluding hydrogens is 262 g/mol. The first-order chi connectivity index (χ1) is 10.3. The number of methoxy groups -OCH3 is 1. The zero-order chi connectivity index (χ0) is 14.5. The quantitative estimate of drug-likeness (QED) is 0.898. The van der Waals surface area contributed by atoms with Gasteiger partial charge in [0.05, 0.1) is 19.2 Å². The van der Waals surface area contributed by atoms with Crippen LogP contribution in [0.25, 0.3) is 0 Å². The fourth-order valence-electron chi connectivity index (χ4n) is 3.42. The molecule has 1 aromatic rings. The van der Waals surface area contributed by atoms with Crippen LogP contribution in [-0.2, 0) is 6.54 Å². The summed E-state index contributed by atoms with van der Waals surface area (Å²) in [6.45, 7) is 2.71. The highest BCUT2D eigenvalue weighted by molar-refractivity contribution is 5.92. The van der Waals surface area contributed by atoms with Crippen molar-refractivity contribution in [1.82, 2.24) is 10.6 Å². The molecule has 114 valence electrons. The molecule has 1 aliphatic carbocycles. The third-order valence-corrected chi connectivity index (χ3v) is 4.62. The zero-order valence-electron chi connectivity index (χ0n) is 12.8. The maximum atomic E-state index is 5.20. The van der Waals surface area contributed by atoms with Crippen LogP contribution in [0.1, 0.15) is 37.7 Å². The van der Waals surface area contributed by atoms with Gasteiger partial charge in [-0.3, -0.25) is 4.99 Å². The minimum absolute atomic E-state index is 0.114. The van der Waals surface area contributed by atoms with Gasteiger partial charge in [-0.2, -0.15) is 0 Å². The second-order valence-electron chi connectivity index (χ2n) is 6.00. The number of rotatable bonds is 3. The number of hydrogen-bond acceptors (Lipinski definition) is 4. The highest BCUT2D eigenvalue weighted by Gasteiger charge is 2.38. The van der Waals surface area contributed by atoms with Gasteiger partial charge in [-0.05, 0) is 30.5 Å². The van der Waals surface area contributed by atoms with Crippen LogP contribution in [0.2, 0.25) is 0 Å². The lowest BCUT2D eigenvalue weighted by Gasteiger charge is -2.41. The summed E-state index contributed by atoms with van der Waals surface area (Å²) in [5.74, 6) is 2.07. The highest BCUT2D eigenvalue weighted by Crippen LogP contribution is 2.30. The standard InChI is InChI=1S/C17H25N3O/c1-21-15-7-5-14(6-8-15)13-19-16-17(20-12-11-18-16)9-3-2-4-10-17/h5-8,20H,2-4,9-13H2,1H3,(H,18,19). The van der Waals surface area contributed by atoms with Crippen LogP contribution >= 0.6 is 0 Å². The molecule has 1 aliphatic heterocycles. The fraction of sp³-hybridized carbons (Fsp3) is 0.588. The van der Waals surface area contributed by atoms with Crippen molar-refractivity contribution in [3.05, 3.63) is 29.8 Å². The molecule has 3 rings (SSSR count). The van der Waals surface area contributed by atoms with Gasteiger partial charge in [-0.15, -0.1) is 0 Å². The summed E-state index contributed by atoms with van der Waals surface area (Å²) < 4.78 is 5.20. The van der Waals surface area contributed by atoms with E-state index in [4.69, 9.17) is 9.73 Å². The Bertz CT molecular complexity index is 489. The van der Waals surface area contributed by atoms with Gasteiger partial charge in [0.1, 0.15) is 11.6 Å². The Morgan fingerprint density at radius 2 is 1.95 bits per heavy atom. The van der Waals surface area contributed by atoms with E-state index in [0.29, 0.717) is 0 Å². The van der Waals surface area contributed by atoms with Gasteiger partial charge in [0.15, 0.2) is 0 Å². The number of amidine groups is 1. The Kier molecular flexibility index (Phi) is 4.44. The first-order valence-corrected chi connectivity index (χ1v) is 7.99. The van der Waals surface area contributed by atoms with Gasteiger partial charge >= 0.3 is 0 Å². The Balaban J connectivity index is 1.65. The van der Waals surface area contributed by atoms with Crippen molar-refractivity contribution in [2.75, 3.05) is 20.2 Å². The number of nitrogens with zero attached hydrogens (tertiary/aromatic N) is 1. The number of hydrogen-bond donors (Lipinski definition) is 2. The monoisotopic (exact) mass is 287 g/mol. The third-order valence-electron chi connectivity index (χ3n) is 4.62. The smallest absolute Gasteiger partial charge is 0.118 e. The molecule has 0 aromatic heterocycles. The van der Waals surface area contributed by atoms with Gasteiger partial charge < -0.3 is 15.4 Å². The van der Waals surface area contributed by atoms with E-state index in [1.165, 1.54) is 43.5 Å². The molecule has 0 bridgehead atoms. The van der Waals surface area contributed by atoms with Crippen molar-refractivity contribution in [3.8, 4) is 5.75 Å². The summed E-state index contributed by atoms with van der Waals surface area (Å²) in [5, 5.41) is 7.31. The summed E-state index contributed by atoms with van der Waals surface area (Å²) in [6, 6.07) is 8.23. The summed E-state index contributed by atoms with van der Waals surface area (Å²) in [4.78, 5) is 4.77. The Morgan fingerprint density at radius 1 is 1.19 bits per heavy atom. The molecule has 2 N–H and O–H groups in total. The van der Waals surface area contributed by atoms with E-state index in [2.05, 4.69) is 22.8 Å². The molecule has 0 unspecified atom stereocenters. The predicted molar refractivity (Wildman–Crippen MR) is 86.0 cm³/mol. The van der Waals surface area contributed by atoms with Crippen LogP contribution in [0, 0.1) is 0 Å². The molecule has 0 radical (unpaired) electrons. The molecule has 0 atom stereocenters. The number of benzene rings is 1. The normalized spacial score (nSPS) is 20.9. The summed E-state index contributed by atoms with van der Waals surface area (Å²) in [7, 11) is 1.70. The van der Waals surface area contributed by atoms with E-state index in [9.17, 15) is 0 Å². The van der Waals surface area contributed by atoms with Crippen molar-refractivity contribution in [2.24, 2.45) is 4.99 Å². The van der Waals surface area contributed by atoms with Crippen molar-refractivity contribution in [1.29, 1.82) is 0 Å². The van der Waals surface area contributed by atoms with Crippen LogP contribution < -0.4 is 15.4 Å². The minimum Gasteiger partial charge on any atom is -0.497 e. The van der Waals surface area contributed by atoms with Gasteiger partial charge in [0, 0.05) is 13.1 Å². The Morgan fingerprint density at radius 3 is 2.67 bits per heavy atom. The zero-order valence-corrected chi connectivity index (χ0v) is 12.8. The minimum atomic E-state index is 0.114. The van der Waals surface area contributed by atoms with E-state index >= 15 is 0 Å².